The van der Waals surface area contributed by atoms with Crippen LogP contribution >= 0.6 is 22.6 Å². The summed E-state index contributed by atoms with van der Waals surface area (Å²) in [4.78, 5) is 9.95. The standard InChI is InChI=1S/C3H5IO2.Na.H2.H/c1-6-3(5)2-4;;;/h2H2,1H3;;1H;/q;+1;;-1. The van der Waals surface area contributed by atoms with Crippen molar-refractivity contribution >= 4 is 28.6 Å². The summed E-state index contributed by atoms with van der Waals surface area (Å²) in [5.41, 5.74) is 0. The monoisotopic (exact) mass is 226 g/mol. The molecule has 2 nitrogen and oxygen atoms in total. The molecule has 0 aromatic carbocycles. The van der Waals surface area contributed by atoms with Crippen LogP contribution in [0, 0.1) is 0 Å². The summed E-state index contributed by atoms with van der Waals surface area (Å²) in [5, 5.41) is 0. The van der Waals surface area contributed by atoms with Crippen LogP contribution in [-0.4, -0.2) is 17.5 Å². The summed E-state index contributed by atoms with van der Waals surface area (Å²) in [7, 11) is 1.38. The maximum Gasteiger partial charge on any atom is 1.00 e. The van der Waals surface area contributed by atoms with Crippen molar-refractivity contribution in [3.05, 3.63) is 0 Å². The van der Waals surface area contributed by atoms with Gasteiger partial charge in [-0.15, -0.1) is 0 Å². The number of ether oxygens (including phenoxy) is 1. The summed E-state index contributed by atoms with van der Waals surface area (Å²) in [6.45, 7) is 0. The molecule has 4 heteroatoms. The number of carbonyl (C=O) groups is 1. The molecule has 0 amide bonds. The molecule has 0 aliphatic carbocycles. The zero-order valence-corrected chi connectivity index (χ0v) is 8.56. The minimum absolute atomic E-state index is 0. The number of rotatable bonds is 1. The molecule has 0 atom stereocenters. The fourth-order valence-corrected chi connectivity index (χ4v) is 0.366. The van der Waals surface area contributed by atoms with E-state index in [0.29, 0.717) is 4.43 Å². The molecule has 0 aliphatic rings. The quantitative estimate of drug-likeness (QED) is 0.223. The number of alkyl halides is 1. The van der Waals surface area contributed by atoms with Gasteiger partial charge in [-0.3, -0.25) is 4.79 Å². The van der Waals surface area contributed by atoms with Crippen molar-refractivity contribution in [2.75, 3.05) is 11.5 Å². The van der Waals surface area contributed by atoms with E-state index in [4.69, 9.17) is 0 Å². The summed E-state index contributed by atoms with van der Waals surface area (Å²) >= 11 is 1.94. The fraction of sp³-hybridized carbons (Fsp3) is 0.667. The van der Waals surface area contributed by atoms with E-state index in [0.717, 1.165) is 0 Å². The van der Waals surface area contributed by atoms with Crippen molar-refractivity contribution in [3.63, 3.8) is 0 Å². The van der Waals surface area contributed by atoms with Crippen LogP contribution in [0.2, 0.25) is 0 Å². The molecular weight excluding hydrogens is 218 g/mol. The molecule has 0 radical (unpaired) electrons. The molecule has 0 saturated heterocycles. The van der Waals surface area contributed by atoms with Gasteiger partial charge >= 0.3 is 35.5 Å². The third-order valence-electron chi connectivity index (χ3n) is 0.337. The van der Waals surface area contributed by atoms with Gasteiger partial charge in [-0.1, -0.05) is 22.6 Å². The van der Waals surface area contributed by atoms with Crippen LogP contribution in [0.5, 0.6) is 0 Å². The number of carbonyl (C=O) groups excluding carboxylic acids is 1. The second-order valence-electron chi connectivity index (χ2n) is 0.710. The maximum atomic E-state index is 9.95. The molecule has 0 heterocycles. The molecule has 0 rings (SSSR count). The molecule has 0 aliphatic heterocycles. The molecular formula is C3H8INaO2. The Bertz CT molecular complexity index is 57.8. The van der Waals surface area contributed by atoms with Gasteiger partial charge in [0, 0.05) is 1.43 Å². The van der Waals surface area contributed by atoms with Crippen LogP contribution in [0.1, 0.15) is 2.85 Å². The Morgan fingerprint density at radius 2 is 2.57 bits per heavy atom. The van der Waals surface area contributed by atoms with Crippen LogP contribution < -0.4 is 29.6 Å². The van der Waals surface area contributed by atoms with Gasteiger partial charge in [-0.05, 0) is 0 Å². The predicted octanol–water partition coefficient (Wildman–Crippen LogP) is -2.04. The van der Waals surface area contributed by atoms with Crippen LogP contribution in [0.4, 0.5) is 0 Å². The summed E-state index contributed by atoms with van der Waals surface area (Å²) in [5.74, 6) is -0.171. The van der Waals surface area contributed by atoms with Gasteiger partial charge in [0.1, 0.15) is 0 Å². The van der Waals surface area contributed by atoms with E-state index in [9.17, 15) is 4.79 Å². The second-order valence-corrected chi connectivity index (χ2v) is 1.47. The zero-order valence-electron chi connectivity index (χ0n) is 5.40. The molecule has 0 spiro atoms. The molecule has 0 N–H and O–H groups in total. The zero-order chi connectivity index (χ0) is 4.99. The number of esters is 1. The number of methoxy groups -OCH3 is 1. The molecule has 0 fully saturated rings. The average Bonchev–Trinajstić information content (AvgIpc) is 1.65. The molecule has 0 aromatic heterocycles. The van der Waals surface area contributed by atoms with Gasteiger partial charge in [0.25, 0.3) is 0 Å². The summed E-state index contributed by atoms with van der Waals surface area (Å²) < 4.78 is 4.69. The largest absolute Gasteiger partial charge is 1.00 e. The smallest absolute Gasteiger partial charge is 1.00 e. The second kappa shape index (κ2) is 7.20. The van der Waals surface area contributed by atoms with Gasteiger partial charge < -0.3 is 6.16 Å². The molecule has 0 unspecified atom stereocenters. The Kier molecular flexibility index (Phi) is 11.4. The Labute approximate surface area is 81.4 Å². The van der Waals surface area contributed by atoms with Gasteiger partial charge in [-0.2, -0.15) is 0 Å². The molecule has 0 aromatic rings. The predicted molar refractivity (Wildman–Crippen MR) is 34.1 cm³/mol. The third kappa shape index (κ3) is 7.20. The summed E-state index contributed by atoms with van der Waals surface area (Å²) in [6.07, 6.45) is 0. The molecule has 0 saturated carbocycles. The SMILES string of the molecule is COC(=O)CI.[H-].[HH].[Na+]. The van der Waals surface area contributed by atoms with E-state index < -0.39 is 0 Å². The number of hydrogen-bond donors (Lipinski definition) is 0. The first kappa shape index (κ1) is 11.1. The van der Waals surface area contributed by atoms with Gasteiger partial charge in [0.2, 0.25) is 0 Å². The third-order valence-corrected chi connectivity index (χ3v) is 0.960. The Morgan fingerprint density at radius 1 is 2.14 bits per heavy atom. The Hall–Kier alpha value is 1.20. The van der Waals surface area contributed by atoms with Crippen molar-refractivity contribution in [3.8, 4) is 0 Å². The maximum absolute atomic E-state index is 9.95. The minimum Gasteiger partial charge on any atom is -1.00 e. The fourth-order valence-electron chi connectivity index (χ4n) is 0.0546. The van der Waals surface area contributed by atoms with E-state index in [-0.39, 0.29) is 38.4 Å². The van der Waals surface area contributed by atoms with E-state index in [1.807, 2.05) is 22.6 Å². The van der Waals surface area contributed by atoms with Crippen LogP contribution in [0.15, 0.2) is 0 Å². The Morgan fingerprint density at radius 3 is 2.57 bits per heavy atom. The summed E-state index contributed by atoms with van der Waals surface area (Å²) in [6, 6.07) is 0. The van der Waals surface area contributed by atoms with Crippen molar-refractivity contribution in [2.24, 2.45) is 0 Å². The minimum atomic E-state index is -0.171. The van der Waals surface area contributed by atoms with E-state index in [1.54, 1.807) is 0 Å². The number of halogens is 1. The van der Waals surface area contributed by atoms with Crippen molar-refractivity contribution in [1.29, 1.82) is 0 Å². The van der Waals surface area contributed by atoms with Gasteiger partial charge in [0.05, 0.1) is 11.5 Å². The van der Waals surface area contributed by atoms with Gasteiger partial charge in [0.15, 0.2) is 0 Å². The normalized spacial score (nSPS) is 6.57. The van der Waals surface area contributed by atoms with Crippen LogP contribution in [0.3, 0.4) is 0 Å². The van der Waals surface area contributed by atoms with Gasteiger partial charge in [-0.25, -0.2) is 0 Å². The van der Waals surface area contributed by atoms with Crippen LogP contribution in [-0.2, 0) is 9.53 Å². The first-order valence-corrected chi connectivity index (χ1v) is 2.96. The van der Waals surface area contributed by atoms with Crippen molar-refractivity contribution in [1.82, 2.24) is 0 Å². The van der Waals surface area contributed by atoms with E-state index in [2.05, 4.69) is 4.74 Å². The first-order valence-electron chi connectivity index (χ1n) is 1.44. The average molecular weight is 226 g/mol. The van der Waals surface area contributed by atoms with Crippen molar-refractivity contribution in [2.45, 2.75) is 0 Å². The molecule has 40 valence electrons. The first-order chi connectivity index (χ1) is 2.81. The Balaban J connectivity index is -0.0000000417. The topological polar surface area (TPSA) is 26.3 Å². The number of hydrogen-bond acceptors (Lipinski definition) is 2. The van der Waals surface area contributed by atoms with Crippen LogP contribution in [0.25, 0.3) is 0 Å². The van der Waals surface area contributed by atoms with Crippen molar-refractivity contribution < 1.29 is 41.9 Å². The molecule has 7 heavy (non-hydrogen) atoms. The van der Waals surface area contributed by atoms with E-state index in [1.165, 1.54) is 7.11 Å². The molecule has 0 bridgehead atoms. The van der Waals surface area contributed by atoms with E-state index >= 15 is 0 Å².